The molecule has 6 heteroatoms. The first-order valence-corrected chi connectivity index (χ1v) is 6.95. The van der Waals surface area contributed by atoms with E-state index >= 15 is 0 Å². The van der Waals surface area contributed by atoms with Crippen molar-refractivity contribution in [3.8, 4) is 5.75 Å². The lowest BCUT2D eigenvalue weighted by Gasteiger charge is -2.09. The number of carbonyl (C=O) groups is 1. The number of hydrogen-bond acceptors (Lipinski definition) is 5. The molecular formula is C14H15N3O2S. The zero-order valence-electron chi connectivity index (χ0n) is 11.0. The normalized spacial score (nSPS) is 10.4. The molecule has 2 rings (SSSR count). The molecule has 0 atom stereocenters. The Balaban J connectivity index is 1.80. The van der Waals surface area contributed by atoms with Gasteiger partial charge in [0.1, 0.15) is 5.75 Å². The number of thiophene rings is 1. The highest BCUT2D eigenvalue weighted by Crippen LogP contribution is 2.22. The number of nitrogens with zero attached hydrogens (tertiary/aromatic N) is 1. The third-order valence-electron chi connectivity index (χ3n) is 2.49. The lowest BCUT2D eigenvalue weighted by molar-refractivity contribution is -0.119. The molecule has 1 aromatic carbocycles. The van der Waals surface area contributed by atoms with E-state index in [1.807, 2.05) is 41.1 Å². The highest BCUT2D eigenvalue weighted by Gasteiger charge is 2.03. The molecule has 1 aromatic heterocycles. The molecular weight excluding hydrogens is 274 g/mol. The largest absolute Gasteiger partial charge is 0.495 e. The highest BCUT2D eigenvalue weighted by molar-refractivity contribution is 7.08. The van der Waals surface area contributed by atoms with E-state index in [9.17, 15) is 4.79 Å². The van der Waals surface area contributed by atoms with Crippen molar-refractivity contribution in [1.29, 1.82) is 0 Å². The monoisotopic (exact) mass is 289 g/mol. The molecule has 0 radical (unpaired) electrons. The summed E-state index contributed by atoms with van der Waals surface area (Å²) in [5, 5.41) is 10.8. The van der Waals surface area contributed by atoms with Gasteiger partial charge in [-0.15, -0.1) is 0 Å². The molecule has 2 N–H and O–H groups in total. The molecule has 0 aliphatic heterocycles. The second kappa shape index (κ2) is 7.30. The number of hydrazone groups is 1. The fourth-order valence-corrected chi connectivity index (χ4v) is 2.14. The number of amides is 1. The van der Waals surface area contributed by atoms with Crippen LogP contribution in [0.15, 0.2) is 46.2 Å². The summed E-state index contributed by atoms with van der Waals surface area (Å²) in [6.07, 6.45) is 1.61. The quantitative estimate of drug-likeness (QED) is 0.633. The minimum Gasteiger partial charge on any atom is -0.495 e. The summed E-state index contributed by atoms with van der Waals surface area (Å²) >= 11 is 1.58. The molecule has 2 aromatic rings. The van der Waals surface area contributed by atoms with Crippen LogP contribution in [0.4, 0.5) is 5.69 Å². The molecule has 20 heavy (non-hydrogen) atoms. The van der Waals surface area contributed by atoms with Gasteiger partial charge in [0.2, 0.25) is 0 Å². The molecule has 0 spiro atoms. The maximum Gasteiger partial charge on any atom is 0.259 e. The SMILES string of the molecule is COc1ccccc1NCC(=O)N/N=C\c1ccsc1. The first kappa shape index (κ1) is 14.1. The molecule has 0 bridgehead atoms. The van der Waals surface area contributed by atoms with E-state index in [-0.39, 0.29) is 12.5 Å². The van der Waals surface area contributed by atoms with Crippen LogP contribution < -0.4 is 15.5 Å². The molecule has 0 aliphatic carbocycles. The Hall–Kier alpha value is -2.34. The van der Waals surface area contributed by atoms with Gasteiger partial charge in [-0.3, -0.25) is 4.79 Å². The van der Waals surface area contributed by atoms with Gasteiger partial charge in [0.15, 0.2) is 0 Å². The number of rotatable bonds is 6. The molecule has 0 unspecified atom stereocenters. The first-order valence-electron chi connectivity index (χ1n) is 6.00. The standard InChI is InChI=1S/C14H15N3O2S/c1-19-13-5-3-2-4-12(13)15-9-14(18)17-16-8-11-6-7-20-10-11/h2-8,10,15H,9H2,1H3,(H,17,18)/b16-8-. The van der Waals surface area contributed by atoms with Crippen molar-refractivity contribution in [3.05, 3.63) is 46.7 Å². The van der Waals surface area contributed by atoms with Crippen molar-refractivity contribution >= 4 is 29.1 Å². The Morgan fingerprint density at radius 2 is 2.25 bits per heavy atom. The van der Waals surface area contributed by atoms with Crippen LogP contribution in [0.2, 0.25) is 0 Å². The Bertz CT molecular complexity index is 582. The molecule has 0 fully saturated rings. The van der Waals surface area contributed by atoms with Crippen LogP contribution in [0, 0.1) is 0 Å². The Labute approximate surface area is 121 Å². The summed E-state index contributed by atoms with van der Waals surface area (Å²) in [7, 11) is 1.59. The fraction of sp³-hybridized carbons (Fsp3) is 0.143. The van der Waals surface area contributed by atoms with E-state index < -0.39 is 0 Å². The minimum absolute atomic E-state index is 0.126. The van der Waals surface area contributed by atoms with Gasteiger partial charge in [-0.2, -0.15) is 16.4 Å². The number of para-hydroxylation sites is 2. The van der Waals surface area contributed by atoms with Crippen LogP contribution in [-0.2, 0) is 4.79 Å². The molecule has 0 aliphatic rings. The maximum absolute atomic E-state index is 11.6. The van der Waals surface area contributed by atoms with Crippen LogP contribution in [0.1, 0.15) is 5.56 Å². The third kappa shape index (κ3) is 4.10. The van der Waals surface area contributed by atoms with Crippen LogP contribution in [-0.4, -0.2) is 25.8 Å². The molecule has 0 saturated heterocycles. The molecule has 1 amide bonds. The molecule has 1 heterocycles. The number of nitrogens with one attached hydrogen (secondary N) is 2. The summed E-state index contributed by atoms with van der Waals surface area (Å²) < 4.78 is 5.19. The van der Waals surface area contributed by atoms with Crippen molar-refractivity contribution in [1.82, 2.24) is 5.43 Å². The Kier molecular flexibility index (Phi) is 5.14. The van der Waals surface area contributed by atoms with Gasteiger partial charge < -0.3 is 10.1 Å². The van der Waals surface area contributed by atoms with Crippen molar-refractivity contribution in [3.63, 3.8) is 0 Å². The van der Waals surface area contributed by atoms with Gasteiger partial charge in [-0.05, 0) is 29.0 Å². The maximum atomic E-state index is 11.6. The number of methoxy groups -OCH3 is 1. The average molecular weight is 289 g/mol. The number of carbonyl (C=O) groups excluding carboxylic acids is 1. The van der Waals surface area contributed by atoms with Crippen molar-refractivity contribution in [2.45, 2.75) is 0 Å². The van der Waals surface area contributed by atoms with E-state index in [1.165, 1.54) is 0 Å². The Morgan fingerprint density at radius 3 is 3.00 bits per heavy atom. The van der Waals surface area contributed by atoms with Gasteiger partial charge in [0, 0.05) is 5.56 Å². The lowest BCUT2D eigenvalue weighted by Crippen LogP contribution is -2.26. The predicted octanol–water partition coefficient (Wildman–Crippen LogP) is 2.32. The zero-order chi connectivity index (χ0) is 14.2. The van der Waals surface area contributed by atoms with Gasteiger partial charge in [-0.25, -0.2) is 5.43 Å². The minimum atomic E-state index is -0.220. The first-order chi connectivity index (χ1) is 9.79. The van der Waals surface area contributed by atoms with Gasteiger partial charge in [-0.1, -0.05) is 12.1 Å². The van der Waals surface area contributed by atoms with E-state index in [2.05, 4.69) is 15.8 Å². The number of ether oxygens (including phenoxy) is 1. The fourth-order valence-electron chi connectivity index (χ4n) is 1.53. The van der Waals surface area contributed by atoms with E-state index in [4.69, 9.17) is 4.74 Å². The summed E-state index contributed by atoms with van der Waals surface area (Å²) in [5.41, 5.74) is 4.20. The average Bonchev–Trinajstić information content (AvgIpc) is 2.98. The predicted molar refractivity (Wildman–Crippen MR) is 81.5 cm³/mol. The lowest BCUT2D eigenvalue weighted by atomic mass is 10.3. The van der Waals surface area contributed by atoms with Gasteiger partial charge >= 0.3 is 0 Å². The third-order valence-corrected chi connectivity index (χ3v) is 3.19. The topological polar surface area (TPSA) is 62.7 Å². The van der Waals surface area contributed by atoms with Crippen molar-refractivity contribution < 1.29 is 9.53 Å². The smallest absolute Gasteiger partial charge is 0.259 e. The second-order valence-corrected chi connectivity index (χ2v) is 4.68. The second-order valence-electron chi connectivity index (χ2n) is 3.90. The summed E-state index contributed by atoms with van der Waals surface area (Å²) in [6, 6.07) is 9.34. The molecule has 5 nitrogen and oxygen atoms in total. The summed E-state index contributed by atoms with van der Waals surface area (Å²) in [4.78, 5) is 11.6. The van der Waals surface area contributed by atoms with E-state index in [0.29, 0.717) is 5.75 Å². The number of hydrogen-bond donors (Lipinski definition) is 2. The number of benzene rings is 1. The van der Waals surface area contributed by atoms with Crippen molar-refractivity contribution in [2.75, 3.05) is 19.0 Å². The Morgan fingerprint density at radius 1 is 1.40 bits per heavy atom. The molecule has 0 saturated carbocycles. The van der Waals surface area contributed by atoms with Crippen LogP contribution in [0.25, 0.3) is 0 Å². The van der Waals surface area contributed by atoms with Gasteiger partial charge in [0.25, 0.3) is 5.91 Å². The number of anilines is 1. The van der Waals surface area contributed by atoms with E-state index in [0.717, 1.165) is 11.3 Å². The highest BCUT2D eigenvalue weighted by atomic mass is 32.1. The summed E-state index contributed by atoms with van der Waals surface area (Å²) in [6.45, 7) is 0.126. The van der Waals surface area contributed by atoms with Crippen LogP contribution >= 0.6 is 11.3 Å². The van der Waals surface area contributed by atoms with Crippen LogP contribution in [0.3, 0.4) is 0 Å². The zero-order valence-corrected chi connectivity index (χ0v) is 11.8. The van der Waals surface area contributed by atoms with Crippen LogP contribution in [0.5, 0.6) is 5.75 Å². The summed E-state index contributed by atoms with van der Waals surface area (Å²) in [5.74, 6) is 0.476. The van der Waals surface area contributed by atoms with E-state index in [1.54, 1.807) is 24.7 Å². The van der Waals surface area contributed by atoms with Crippen molar-refractivity contribution in [2.24, 2.45) is 5.10 Å². The molecule has 104 valence electrons. The van der Waals surface area contributed by atoms with Gasteiger partial charge in [0.05, 0.1) is 25.6 Å².